The van der Waals surface area contributed by atoms with Gasteiger partial charge in [-0.25, -0.2) is 8.42 Å². The summed E-state index contributed by atoms with van der Waals surface area (Å²) in [5.41, 5.74) is 3.17. The molecule has 1 heterocycles. The van der Waals surface area contributed by atoms with Crippen molar-refractivity contribution in [1.29, 1.82) is 0 Å². The van der Waals surface area contributed by atoms with Crippen molar-refractivity contribution >= 4 is 19.7 Å². The Labute approximate surface area is 122 Å². The van der Waals surface area contributed by atoms with Crippen LogP contribution in [0, 0.1) is 13.8 Å². The molecule has 1 fully saturated rings. The maximum atomic E-state index is 11.6. The third-order valence-corrected chi connectivity index (χ3v) is 4.69. The Bertz CT molecular complexity index is 779. The molecule has 3 rings (SSSR count). The lowest BCUT2D eigenvalue weighted by molar-refractivity contribution is 0.579. The molecule has 5 nitrogen and oxygen atoms in total. The second-order valence-electron chi connectivity index (χ2n) is 5.14. The maximum absolute atomic E-state index is 11.6. The summed E-state index contributed by atoms with van der Waals surface area (Å²) >= 11 is 0. The van der Waals surface area contributed by atoms with Crippen molar-refractivity contribution in [3.05, 3.63) is 29.3 Å². The standard InChI is InChI=1S/C13H14ClN3O2S/c1-8-3-4-10(7-9(8)2)12-15-16-13(20(14,18)19)17(12)11-5-6-11/h3-4,7,11H,5-6H2,1-2H3. The van der Waals surface area contributed by atoms with Gasteiger partial charge >= 0.3 is 0 Å². The van der Waals surface area contributed by atoms with Gasteiger partial charge in [0.25, 0.3) is 14.2 Å². The van der Waals surface area contributed by atoms with Gasteiger partial charge in [-0.3, -0.25) is 4.57 Å². The van der Waals surface area contributed by atoms with E-state index in [1.165, 1.54) is 5.56 Å². The summed E-state index contributed by atoms with van der Waals surface area (Å²) in [6, 6.07) is 6.04. The number of aromatic nitrogens is 3. The van der Waals surface area contributed by atoms with Crippen molar-refractivity contribution in [2.75, 3.05) is 0 Å². The highest BCUT2D eigenvalue weighted by Gasteiger charge is 2.34. The van der Waals surface area contributed by atoms with E-state index in [-0.39, 0.29) is 11.2 Å². The average Bonchev–Trinajstić information content (AvgIpc) is 3.10. The zero-order valence-electron chi connectivity index (χ0n) is 11.2. The minimum Gasteiger partial charge on any atom is -0.294 e. The molecule has 0 atom stereocenters. The van der Waals surface area contributed by atoms with Gasteiger partial charge in [0, 0.05) is 22.3 Å². The molecule has 2 aromatic rings. The SMILES string of the molecule is Cc1ccc(-c2nnc(S(=O)(=O)Cl)n2C2CC2)cc1C. The van der Waals surface area contributed by atoms with Gasteiger partial charge in [0.15, 0.2) is 5.82 Å². The smallest absolute Gasteiger partial charge is 0.294 e. The van der Waals surface area contributed by atoms with E-state index in [1.54, 1.807) is 4.57 Å². The summed E-state index contributed by atoms with van der Waals surface area (Å²) < 4.78 is 24.8. The lowest BCUT2D eigenvalue weighted by Crippen LogP contribution is -2.06. The Morgan fingerprint density at radius 1 is 1.20 bits per heavy atom. The minimum absolute atomic E-state index is 0.130. The first kappa shape index (κ1) is 13.6. The number of hydrogen-bond acceptors (Lipinski definition) is 4. The molecule has 1 saturated carbocycles. The van der Waals surface area contributed by atoms with Crippen LogP contribution in [-0.4, -0.2) is 23.2 Å². The van der Waals surface area contributed by atoms with Crippen LogP contribution in [0.5, 0.6) is 0 Å². The predicted molar refractivity (Wildman–Crippen MR) is 76.2 cm³/mol. The average molecular weight is 312 g/mol. The van der Waals surface area contributed by atoms with Gasteiger partial charge in [0.2, 0.25) is 0 Å². The largest absolute Gasteiger partial charge is 0.296 e. The first-order valence-corrected chi connectivity index (χ1v) is 8.66. The molecule has 0 aliphatic heterocycles. The predicted octanol–water partition coefficient (Wildman–Crippen LogP) is 2.82. The van der Waals surface area contributed by atoms with E-state index in [0.29, 0.717) is 5.82 Å². The Morgan fingerprint density at radius 2 is 1.90 bits per heavy atom. The second-order valence-corrected chi connectivity index (χ2v) is 7.60. The molecule has 20 heavy (non-hydrogen) atoms. The summed E-state index contributed by atoms with van der Waals surface area (Å²) in [5.74, 6) is 0.565. The molecule has 1 aromatic carbocycles. The zero-order chi connectivity index (χ0) is 14.5. The number of rotatable bonds is 3. The van der Waals surface area contributed by atoms with Gasteiger partial charge in [-0.2, -0.15) is 0 Å². The highest BCUT2D eigenvalue weighted by Crippen LogP contribution is 2.40. The zero-order valence-corrected chi connectivity index (χ0v) is 12.7. The maximum Gasteiger partial charge on any atom is 0.296 e. The van der Waals surface area contributed by atoms with E-state index in [0.717, 1.165) is 24.0 Å². The molecule has 1 aliphatic rings. The molecule has 0 spiro atoms. The van der Waals surface area contributed by atoms with Crippen LogP contribution >= 0.6 is 10.7 Å². The number of hydrogen-bond donors (Lipinski definition) is 0. The fourth-order valence-corrected chi connectivity index (χ4v) is 3.11. The number of nitrogens with zero attached hydrogens (tertiary/aromatic N) is 3. The van der Waals surface area contributed by atoms with E-state index in [9.17, 15) is 8.42 Å². The lowest BCUT2D eigenvalue weighted by atomic mass is 10.1. The van der Waals surface area contributed by atoms with Gasteiger partial charge < -0.3 is 0 Å². The Hall–Kier alpha value is -1.40. The van der Waals surface area contributed by atoms with Crippen LogP contribution < -0.4 is 0 Å². The number of halogens is 1. The molecule has 1 aromatic heterocycles. The third-order valence-electron chi connectivity index (χ3n) is 3.56. The molecule has 0 unspecified atom stereocenters. The molecular weight excluding hydrogens is 298 g/mol. The molecule has 0 radical (unpaired) electrons. The van der Waals surface area contributed by atoms with Crippen molar-refractivity contribution in [1.82, 2.24) is 14.8 Å². The summed E-state index contributed by atoms with van der Waals surface area (Å²) in [4.78, 5) is 0. The molecular formula is C13H14ClN3O2S. The van der Waals surface area contributed by atoms with Gasteiger partial charge in [-0.05, 0) is 43.9 Å². The molecule has 106 valence electrons. The summed E-state index contributed by atoms with van der Waals surface area (Å²) in [6.45, 7) is 4.04. The second kappa shape index (κ2) is 4.56. The minimum atomic E-state index is -3.88. The Balaban J connectivity index is 2.19. The lowest BCUT2D eigenvalue weighted by Gasteiger charge is -2.08. The van der Waals surface area contributed by atoms with Crippen LogP contribution in [0.25, 0.3) is 11.4 Å². The fourth-order valence-electron chi connectivity index (χ4n) is 2.18. The summed E-state index contributed by atoms with van der Waals surface area (Å²) in [6.07, 6.45) is 1.85. The van der Waals surface area contributed by atoms with E-state index in [1.807, 2.05) is 32.0 Å². The molecule has 0 N–H and O–H groups in total. The Morgan fingerprint density at radius 3 is 2.45 bits per heavy atom. The van der Waals surface area contributed by atoms with E-state index in [2.05, 4.69) is 10.2 Å². The molecule has 0 bridgehead atoms. The van der Waals surface area contributed by atoms with E-state index < -0.39 is 9.05 Å². The van der Waals surface area contributed by atoms with Crippen LogP contribution in [-0.2, 0) is 9.05 Å². The van der Waals surface area contributed by atoms with Gasteiger partial charge in [0.1, 0.15) is 0 Å². The van der Waals surface area contributed by atoms with Crippen LogP contribution in [0.15, 0.2) is 23.4 Å². The molecule has 0 saturated heterocycles. The van der Waals surface area contributed by atoms with Gasteiger partial charge in [-0.1, -0.05) is 12.1 Å². The van der Waals surface area contributed by atoms with Crippen LogP contribution in [0.1, 0.15) is 30.0 Å². The fraction of sp³-hybridized carbons (Fsp3) is 0.385. The summed E-state index contributed by atoms with van der Waals surface area (Å²) in [7, 11) is 1.56. The van der Waals surface area contributed by atoms with E-state index >= 15 is 0 Å². The highest BCUT2D eigenvalue weighted by atomic mass is 35.7. The monoisotopic (exact) mass is 311 g/mol. The van der Waals surface area contributed by atoms with Gasteiger partial charge in [-0.15, -0.1) is 10.2 Å². The topological polar surface area (TPSA) is 64.8 Å². The normalized spacial score (nSPS) is 15.6. The van der Waals surface area contributed by atoms with Crippen molar-refractivity contribution in [2.24, 2.45) is 0 Å². The van der Waals surface area contributed by atoms with Crippen LogP contribution in [0.4, 0.5) is 0 Å². The number of benzene rings is 1. The van der Waals surface area contributed by atoms with Crippen molar-refractivity contribution in [2.45, 2.75) is 37.9 Å². The van der Waals surface area contributed by atoms with Crippen molar-refractivity contribution < 1.29 is 8.42 Å². The van der Waals surface area contributed by atoms with E-state index in [4.69, 9.17) is 10.7 Å². The van der Waals surface area contributed by atoms with Crippen LogP contribution in [0.2, 0.25) is 0 Å². The first-order valence-electron chi connectivity index (χ1n) is 6.35. The van der Waals surface area contributed by atoms with Crippen molar-refractivity contribution in [3.63, 3.8) is 0 Å². The van der Waals surface area contributed by atoms with Gasteiger partial charge in [0.05, 0.1) is 0 Å². The third kappa shape index (κ3) is 2.33. The Kier molecular flexibility index (Phi) is 3.10. The molecule has 1 aliphatic carbocycles. The number of aryl methyl sites for hydroxylation is 2. The molecule has 0 amide bonds. The summed E-state index contributed by atoms with van der Waals surface area (Å²) in [5, 5.41) is 7.65. The van der Waals surface area contributed by atoms with Crippen molar-refractivity contribution in [3.8, 4) is 11.4 Å². The molecule has 7 heteroatoms. The highest BCUT2D eigenvalue weighted by molar-refractivity contribution is 8.13. The quantitative estimate of drug-likeness (QED) is 0.818. The van der Waals surface area contributed by atoms with Crippen LogP contribution in [0.3, 0.4) is 0 Å². The first-order chi connectivity index (χ1) is 9.38.